The Morgan fingerprint density at radius 2 is 1.92 bits per heavy atom. The Morgan fingerprint density at radius 3 is 2.65 bits per heavy atom. The average molecular weight is 364 g/mol. The van der Waals surface area contributed by atoms with Gasteiger partial charge in [-0.15, -0.1) is 11.3 Å². The minimum atomic E-state index is -0.387. The Kier molecular flexibility index (Phi) is 4.00. The van der Waals surface area contributed by atoms with Crippen molar-refractivity contribution >= 4 is 22.4 Å². The van der Waals surface area contributed by atoms with E-state index in [1.54, 1.807) is 7.05 Å². The number of fused-ring (bicyclic) bond motifs is 1. The Bertz CT molecular complexity index is 1220. The fraction of sp³-hybridized carbons (Fsp3) is 0.158. The summed E-state index contributed by atoms with van der Waals surface area (Å²) in [6.45, 7) is 2.18. The topological polar surface area (TPSA) is 69.8 Å². The van der Waals surface area contributed by atoms with E-state index in [0.717, 1.165) is 16.0 Å². The number of hydrogen-bond acceptors (Lipinski definition) is 5. The smallest absolute Gasteiger partial charge is 0.280 e. The molecule has 0 aliphatic heterocycles. The SMILES string of the molecule is Cc1ccccc1Cn1c(=O)c2cnc(-c3cccs3)nc2n(C)c1=O. The largest absolute Gasteiger partial charge is 0.332 e. The van der Waals surface area contributed by atoms with Crippen LogP contribution in [-0.2, 0) is 13.6 Å². The zero-order valence-electron chi connectivity index (χ0n) is 14.3. The van der Waals surface area contributed by atoms with Gasteiger partial charge in [0, 0.05) is 13.2 Å². The van der Waals surface area contributed by atoms with Crippen LogP contribution in [0.1, 0.15) is 11.1 Å². The van der Waals surface area contributed by atoms with Crippen molar-refractivity contribution in [1.29, 1.82) is 0 Å². The van der Waals surface area contributed by atoms with Crippen molar-refractivity contribution in [1.82, 2.24) is 19.1 Å². The molecule has 1 aromatic carbocycles. The molecule has 4 rings (SSSR count). The zero-order valence-corrected chi connectivity index (χ0v) is 15.2. The Labute approximate surface area is 153 Å². The molecule has 7 heteroatoms. The second kappa shape index (κ2) is 6.34. The highest BCUT2D eigenvalue weighted by molar-refractivity contribution is 7.13. The van der Waals surface area contributed by atoms with Gasteiger partial charge in [-0.2, -0.15) is 0 Å². The normalized spacial score (nSPS) is 11.2. The first kappa shape index (κ1) is 16.4. The Hall–Kier alpha value is -3.06. The molecule has 0 N–H and O–H groups in total. The molecule has 3 aromatic heterocycles. The van der Waals surface area contributed by atoms with Crippen LogP contribution in [0, 0.1) is 6.92 Å². The van der Waals surface area contributed by atoms with Crippen molar-refractivity contribution in [2.75, 3.05) is 0 Å². The predicted octanol–water partition coefficient (Wildman–Crippen LogP) is 2.58. The lowest BCUT2D eigenvalue weighted by Gasteiger charge is -2.12. The summed E-state index contributed by atoms with van der Waals surface area (Å²) in [7, 11) is 1.63. The summed E-state index contributed by atoms with van der Waals surface area (Å²) in [4.78, 5) is 35.3. The molecule has 0 radical (unpaired) electrons. The number of aromatic nitrogens is 4. The third-order valence-corrected chi connectivity index (χ3v) is 5.28. The van der Waals surface area contributed by atoms with Crippen LogP contribution in [0.3, 0.4) is 0 Å². The van der Waals surface area contributed by atoms with Crippen molar-refractivity contribution in [3.8, 4) is 10.7 Å². The van der Waals surface area contributed by atoms with Crippen LogP contribution < -0.4 is 11.2 Å². The maximum absolute atomic E-state index is 12.9. The fourth-order valence-electron chi connectivity index (χ4n) is 2.91. The average Bonchev–Trinajstić information content (AvgIpc) is 3.19. The molecule has 3 heterocycles. The highest BCUT2D eigenvalue weighted by atomic mass is 32.1. The standard InChI is InChI=1S/C19H16N4O2S/c1-12-6-3-4-7-13(12)11-23-18(24)14-10-20-16(15-8-5-9-26-15)21-17(14)22(2)19(23)25/h3-10H,11H2,1-2H3. The van der Waals surface area contributed by atoms with Gasteiger partial charge in [0.15, 0.2) is 11.5 Å². The van der Waals surface area contributed by atoms with E-state index in [2.05, 4.69) is 9.97 Å². The molecule has 0 saturated carbocycles. The highest BCUT2D eigenvalue weighted by Crippen LogP contribution is 2.21. The number of benzene rings is 1. The van der Waals surface area contributed by atoms with Crippen LogP contribution in [-0.4, -0.2) is 19.1 Å². The lowest BCUT2D eigenvalue weighted by atomic mass is 10.1. The lowest BCUT2D eigenvalue weighted by molar-refractivity contribution is 0.654. The predicted molar refractivity (Wildman–Crippen MR) is 103 cm³/mol. The number of nitrogens with zero attached hydrogens (tertiary/aromatic N) is 4. The van der Waals surface area contributed by atoms with E-state index < -0.39 is 0 Å². The fourth-order valence-corrected chi connectivity index (χ4v) is 3.57. The minimum Gasteiger partial charge on any atom is -0.280 e. The van der Waals surface area contributed by atoms with E-state index in [9.17, 15) is 9.59 Å². The second-order valence-corrected chi connectivity index (χ2v) is 7.02. The third-order valence-electron chi connectivity index (χ3n) is 4.41. The van der Waals surface area contributed by atoms with Gasteiger partial charge in [-0.3, -0.25) is 13.9 Å². The van der Waals surface area contributed by atoms with E-state index in [0.29, 0.717) is 16.9 Å². The van der Waals surface area contributed by atoms with Gasteiger partial charge in [-0.1, -0.05) is 30.3 Å². The van der Waals surface area contributed by atoms with Crippen LogP contribution in [0.4, 0.5) is 0 Å². The molecule has 0 atom stereocenters. The van der Waals surface area contributed by atoms with Crippen LogP contribution in [0.25, 0.3) is 21.7 Å². The van der Waals surface area contributed by atoms with Crippen molar-refractivity contribution < 1.29 is 0 Å². The minimum absolute atomic E-state index is 0.223. The summed E-state index contributed by atoms with van der Waals surface area (Å²) in [5, 5.41) is 2.27. The summed E-state index contributed by atoms with van der Waals surface area (Å²) in [5.74, 6) is 0.513. The van der Waals surface area contributed by atoms with E-state index in [1.807, 2.05) is 48.7 Å². The summed E-state index contributed by atoms with van der Waals surface area (Å²) in [5.41, 5.74) is 1.55. The Morgan fingerprint density at radius 1 is 1.12 bits per heavy atom. The number of hydrogen-bond donors (Lipinski definition) is 0. The molecular formula is C19H16N4O2S. The van der Waals surface area contributed by atoms with Gasteiger partial charge >= 0.3 is 5.69 Å². The monoisotopic (exact) mass is 364 g/mol. The summed E-state index contributed by atoms with van der Waals surface area (Å²) >= 11 is 1.51. The van der Waals surface area contributed by atoms with Gasteiger partial charge in [0.25, 0.3) is 5.56 Å². The van der Waals surface area contributed by atoms with Crippen LogP contribution in [0.2, 0.25) is 0 Å². The molecule has 0 spiro atoms. The molecule has 0 bridgehead atoms. The molecule has 4 aromatic rings. The molecule has 0 fully saturated rings. The van der Waals surface area contributed by atoms with Crippen molar-refractivity contribution in [3.63, 3.8) is 0 Å². The lowest BCUT2D eigenvalue weighted by Crippen LogP contribution is -2.39. The molecule has 26 heavy (non-hydrogen) atoms. The van der Waals surface area contributed by atoms with Gasteiger partial charge in [-0.05, 0) is 29.5 Å². The summed E-state index contributed by atoms with van der Waals surface area (Å²) in [6.07, 6.45) is 1.51. The van der Waals surface area contributed by atoms with E-state index in [4.69, 9.17) is 0 Å². The first-order valence-electron chi connectivity index (χ1n) is 8.11. The number of rotatable bonds is 3. The summed E-state index contributed by atoms with van der Waals surface area (Å²) < 4.78 is 2.65. The molecule has 0 unspecified atom stereocenters. The van der Waals surface area contributed by atoms with Crippen LogP contribution >= 0.6 is 11.3 Å². The molecule has 0 aliphatic rings. The van der Waals surface area contributed by atoms with E-state index >= 15 is 0 Å². The first-order valence-corrected chi connectivity index (χ1v) is 8.99. The summed E-state index contributed by atoms with van der Waals surface area (Å²) in [6, 6.07) is 11.5. The van der Waals surface area contributed by atoms with Crippen LogP contribution in [0.5, 0.6) is 0 Å². The number of aryl methyl sites for hydroxylation is 2. The highest BCUT2D eigenvalue weighted by Gasteiger charge is 2.15. The van der Waals surface area contributed by atoms with Crippen LogP contribution in [0.15, 0.2) is 57.6 Å². The molecule has 130 valence electrons. The van der Waals surface area contributed by atoms with Crippen molar-refractivity contribution in [2.45, 2.75) is 13.5 Å². The van der Waals surface area contributed by atoms with Crippen molar-refractivity contribution in [3.05, 3.63) is 79.9 Å². The molecular weight excluding hydrogens is 348 g/mol. The van der Waals surface area contributed by atoms with Gasteiger partial charge < -0.3 is 0 Å². The van der Waals surface area contributed by atoms with Gasteiger partial charge in [0.2, 0.25) is 0 Å². The molecule has 0 amide bonds. The van der Waals surface area contributed by atoms with Gasteiger partial charge in [0.1, 0.15) is 5.39 Å². The maximum Gasteiger partial charge on any atom is 0.332 e. The van der Waals surface area contributed by atoms with E-state index in [-0.39, 0.29) is 17.8 Å². The third kappa shape index (κ3) is 2.66. The molecule has 0 saturated heterocycles. The molecule has 0 aliphatic carbocycles. The number of thiophene rings is 1. The Balaban J connectivity index is 1.91. The van der Waals surface area contributed by atoms with Gasteiger partial charge in [0.05, 0.1) is 11.4 Å². The maximum atomic E-state index is 12.9. The van der Waals surface area contributed by atoms with Gasteiger partial charge in [-0.25, -0.2) is 14.8 Å². The zero-order chi connectivity index (χ0) is 18.3. The van der Waals surface area contributed by atoms with Crippen molar-refractivity contribution in [2.24, 2.45) is 7.05 Å². The van der Waals surface area contributed by atoms with E-state index in [1.165, 1.54) is 26.7 Å². The first-order chi connectivity index (χ1) is 12.6. The molecule has 6 nitrogen and oxygen atoms in total. The quantitative estimate of drug-likeness (QED) is 0.560. The second-order valence-electron chi connectivity index (χ2n) is 6.07.